The summed E-state index contributed by atoms with van der Waals surface area (Å²) in [5.74, 6) is 1.71. The lowest BCUT2D eigenvalue weighted by molar-refractivity contribution is -0.114. The lowest BCUT2D eigenvalue weighted by Crippen LogP contribution is -2.31. The summed E-state index contributed by atoms with van der Waals surface area (Å²) in [6.45, 7) is 0.160. The summed E-state index contributed by atoms with van der Waals surface area (Å²) in [4.78, 5) is 28.4. The number of rotatable bonds is 5. The van der Waals surface area contributed by atoms with Gasteiger partial charge >= 0.3 is 0 Å². The molecule has 1 amide bonds. The molecular formula is C20H21N9O. The molecule has 152 valence electrons. The molecule has 0 radical (unpaired) electrons. The Hall–Kier alpha value is -3.82. The van der Waals surface area contributed by atoms with E-state index in [-0.39, 0.29) is 12.5 Å². The van der Waals surface area contributed by atoms with E-state index < -0.39 is 0 Å². The van der Waals surface area contributed by atoms with Crippen LogP contribution in [0.4, 0.5) is 11.6 Å². The number of aryl methyl sites for hydroxylation is 2. The topological polar surface area (TPSA) is 118 Å². The first kappa shape index (κ1) is 18.2. The SMILES string of the molecule is CN(CC(=O)Nc1ccn(C)n1)c1nc(-c2cc3cn[nH]c3cn2)nc2c1CCC2. The predicted octanol–water partition coefficient (Wildman–Crippen LogP) is 1.71. The normalized spacial score (nSPS) is 12.9. The van der Waals surface area contributed by atoms with E-state index in [4.69, 9.17) is 9.97 Å². The second kappa shape index (κ2) is 7.21. The van der Waals surface area contributed by atoms with Gasteiger partial charge in [-0.05, 0) is 25.3 Å². The van der Waals surface area contributed by atoms with Crippen LogP contribution < -0.4 is 10.2 Å². The van der Waals surface area contributed by atoms with Crippen molar-refractivity contribution in [1.29, 1.82) is 0 Å². The van der Waals surface area contributed by atoms with Gasteiger partial charge in [0.05, 0.1) is 24.5 Å². The van der Waals surface area contributed by atoms with Crippen molar-refractivity contribution in [2.24, 2.45) is 7.05 Å². The standard InChI is InChI=1S/C20H21N9O/c1-28(11-18(30)24-17-6-7-29(2)27-17)20-13-4-3-5-14(13)23-19(25-20)15-8-12-9-22-26-16(12)10-21-15/h6-10H,3-5,11H2,1-2H3,(H,22,26)(H,24,27,30). The number of carbonyl (C=O) groups is 1. The number of pyridine rings is 1. The molecule has 4 aromatic heterocycles. The highest BCUT2D eigenvalue weighted by Crippen LogP contribution is 2.31. The van der Waals surface area contributed by atoms with E-state index in [9.17, 15) is 4.79 Å². The maximum absolute atomic E-state index is 12.5. The molecule has 10 nitrogen and oxygen atoms in total. The van der Waals surface area contributed by atoms with Crippen LogP contribution in [0.2, 0.25) is 0 Å². The Bertz CT molecular complexity index is 1240. The molecule has 0 aromatic carbocycles. The van der Waals surface area contributed by atoms with Crippen LogP contribution in [0.3, 0.4) is 0 Å². The van der Waals surface area contributed by atoms with Crippen LogP contribution in [-0.2, 0) is 24.7 Å². The van der Waals surface area contributed by atoms with Crippen molar-refractivity contribution in [3.8, 4) is 11.5 Å². The lowest BCUT2D eigenvalue weighted by atomic mass is 10.2. The van der Waals surface area contributed by atoms with Crippen molar-refractivity contribution in [1.82, 2.24) is 34.9 Å². The molecule has 0 aliphatic heterocycles. The second-order valence-corrected chi connectivity index (χ2v) is 7.46. The minimum Gasteiger partial charge on any atom is -0.350 e. The average molecular weight is 403 g/mol. The van der Waals surface area contributed by atoms with Gasteiger partial charge in [-0.3, -0.25) is 19.6 Å². The molecule has 1 aliphatic carbocycles. The number of anilines is 2. The van der Waals surface area contributed by atoms with Crippen molar-refractivity contribution in [3.05, 3.63) is 42.0 Å². The summed E-state index contributed by atoms with van der Waals surface area (Å²) in [5, 5.41) is 14.9. The lowest BCUT2D eigenvalue weighted by Gasteiger charge is -2.21. The van der Waals surface area contributed by atoms with Gasteiger partial charge in [-0.1, -0.05) is 0 Å². The summed E-state index contributed by atoms with van der Waals surface area (Å²) in [5.41, 5.74) is 3.69. The summed E-state index contributed by atoms with van der Waals surface area (Å²) in [6.07, 6.45) is 8.11. The molecule has 5 rings (SSSR count). The first-order chi connectivity index (χ1) is 14.6. The van der Waals surface area contributed by atoms with E-state index in [1.54, 1.807) is 29.3 Å². The Labute approximate surface area is 172 Å². The molecule has 0 spiro atoms. The number of nitrogens with one attached hydrogen (secondary N) is 2. The molecule has 0 unspecified atom stereocenters. The van der Waals surface area contributed by atoms with Gasteiger partial charge in [0.1, 0.15) is 11.5 Å². The number of fused-ring (bicyclic) bond motifs is 2. The highest BCUT2D eigenvalue weighted by molar-refractivity contribution is 5.93. The van der Waals surface area contributed by atoms with Gasteiger partial charge in [0.15, 0.2) is 11.6 Å². The van der Waals surface area contributed by atoms with Crippen LogP contribution in [0.5, 0.6) is 0 Å². The van der Waals surface area contributed by atoms with Crippen LogP contribution in [0.25, 0.3) is 22.4 Å². The van der Waals surface area contributed by atoms with Crippen molar-refractivity contribution in [2.45, 2.75) is 19.3 Å². The number of amides is 1. The van der Waals surface area contributed by atoms with E-state index in [2.05, 4.69) is 25.6 Å². The van der Waals surface area contributed by atoms with Gasteiger partial charge in [0, 0.05) is 43.0 Å². The molecule has 0 fully saturated rings. The van der Waals surface area contributed by atoms with Crippen molar-refractivity contribution in [2.75, 3.05) is 23.8 Å². The number of hydrogen-bond acceptors (Lipinski definition) is 7. The molecule has 0 atom stereocenters. The molecule has 2 N–H and O–H groups in total. The number of nitrogens with zero attached hydrogens (tertiary/aromatic N) is 7. The van der Waals surface area contributed by atoms with E-state index in [0.29, 0.717) is 17.3 Å². The summed E-state index contributed by atoms with van der Waals surface area (Å²) in [6, 6.07) is 3.68. The first-order valence-corrected chi connectivity index (χ1v) is 9.77. The molecule has 4 heterocycles. The number of hydrogen-bond donors (Lipinski definition) is 2. The fourth-order valence-corrected chi connectivity index (χ4v) is 3.76. The average Bonchev–Trinajstić information content (AvgIpc) is 3.46. The van der Waals surface area contributed by atoms with Gasteiger partial charge < -0.3 is 10.2 Å². The minimum absolute atomic E-state index is 0.152. The third kappa shape index (κ3) is 3.36. The zero-order valence-electron chi connectivity index (χ0n) is 16.8. The highest BCUT2D eigenvalue weighted by Gasteiger charge is 2.23. The fraction of sp³-hybridized carbons (Fsp3) is 0.300. The molecular weight excluding hydrogens is 382 g/mol. The Kier molecular flexibility index (Phi) is 4.38. The van der Waals surface area contributed by atoms with Crippen molar-refractivity contribution < 1.29 is 4.79 Å². The first-order valence-electron chi connectivity index (χ1n) is 9.77. The largest absolute Gasteiger partial charge is 0.350 e. The monoisotopic (exact) mass is 403 g/mol. The Morgan fingerprint density at radius 3 is 3.03 bits per heavy atom. The maximum atomic E-state index is 12.5. The maximum Gasteiger partial charge on any atom is 0.245 e. The van der Waals surface area contributed by atoms with E-state index in [1.165, 1.54) is 0 Å². The molecule has 0 saturated carbocycles. The van der Waals surface area contributed by atoms with E-state index in [0.717, 1.165) is 47.2 Å². The van der Waals surface area contributed by atoms with Gasteiger partial charge in [0.25, 0.3) is 0 Å². The smallest absolute Gasteiger partial charge is 0.245 e. The van der Waals surface area contributed by atoms with Crippen molar-refractivity contribution >= 4 is 28.4 Å². The van der Waals surface area contributed by atoms with Gasteiger partial charge in [0.2, 0.25) is 5.91 Å². The fourth-order valence-electron chi connectivity index (χ4n) is 3.76. The van der Waals surface area contributed by atoms with Crippen LogP contribution in [0.15, 0.2) is 30.7 Å². The van der Waals surface area contributed by atoms with Crippen LogP contribution >= 0.6 is 0 Å². The summed E-state index contributed by atoms with van der Waals surface area (Å²) in [7, 11) is 3.68. The number of aromatic amines is 1. The Balaban J connectivity index is 1.44. The summed E-state index contributed by atoms with van der Waals surface area (Å²) < 4.78 is 1.65. The molecule has 10 heteroatoms. The Morgan fingerprint density at radius 2 is 2.20 bits per heavy atom. The molecule has 30 heavy (non-hydrogen) atoms. The summed E-state index contributed by atoms with van der Waals surface area (Å²) >= 11 is 0. The molecule has 4 aromatic rings. The molecule has 0 saturated heterocycles. The van der Waals surface area contributed by atoms with E-state index in [1.807, 2.05) is 25.1 Å². The second-order valence-electron chi connectivity index (χ2n) is 7.46. The predicted molar refractivity (Wildman–Crippen MR) is 112 cm³/mol. The quantitative estimate of drug-likeness (QED) is 0.521. The number of H-pyrrole nitrogens is 1. The van der Waals surface area contributed by atoms with Crippen LogP contribution in [0, 0.1) is 0 Å². The molecule has 0 bridgehead atoms. The van der Waals surface area contributed by atoms with Crippen LogP contribution in [0.1, 0.15) is 17.7 Å². The third-order valence-electron chi connectivity index (χ3n) is 5.19. The zero-order chi connectivity index (χ0) is 20.7. The van der Waals surface area contributed by atoms with E-state index >= 15 is 0 Å². The third-order valence-corrected chi connectivity index (χ3v) is 5.19. The van der Waals surface area contributed by atoms with Gasteiger partial charge in [-0.15, -0.1) is 0 Å². The van der Waals surface area contributed by atoms with Crippen LogP contribution in [-0.4, -0.2) is 54.4 Å². The molecule has 1 aliphatic rings. The number of aromatic nitrogens is 7. The highest BCUT2D eigenvalue weighted by atomic mass is 16.2. The number of likely N-dealkylation sites (N-methyl/N-ethyl adjacent to an activating group) is 1. The van der Waals surface area contributed by atoms with Gasteiger partial charge in [-0.2, -0.15) is 10.2 Å². The van der Waals surface area contributed by atoms with Gasteiger partial charge in [-0.25, -0.2) is 9.97 Å². The Morgan fingerprint density at radius 1 is 1.30 bits per heavy atom. The minimum atomic E-state index is -0.152. The van der Waals surface area contributed by atoms with Crippen molar-refractivity contribution in [3.63, 3.8) is 0 Å². The number of carbonyl (C=O) groups excluding carboxylic acids is 1. The zero-order valence-corrected chi connectivity index (χ0v) is 16.8.